The zero-order chi connectivity index (χ0) is 20.4. The van der Waals surface area contributed by atoms with Gasteiger partial charge in [-0.1, -0.05) is 34.1 Å². The summed E-state index contributed by atoms with van der Waals surface area (Å²) in [4.78, 5) is 19.1. The number of benzene rings is 2. The van der Waals surface area contributed by atoms with Gasteiger partial charge >= 0.3 is 0 Å². The van der Waals surface area contributed by atoms with E-state index < -0.39 is 17.5 Å². The van der Waals surface area contributed by atoms with Crippen LogP contribution in [0.3, 0.4) is 0 Å². The second kappa shape index (κ2) is 8.69. The van der Waals surface area contributed by atoms with Crippen molar-refractivity contribution in [3.63, 3.8) is 0 Å². The van der Waals surface area contributed by atoms with Crippen LogP contribution in [0.5, 0.6) is 0 Å². The first kappa shape index (κ1) is 20.1. The third kappa shape index (κ3) is 4.39. The summed E-state index contributed by atoms with van der Waals surface area (Å²) >= 11 is 4.69. The largest absolute Gasteiger partial charge is 0.376 e. The molecular weight excluding hydrogens is 462 g/mol. The van der Waals surface area contributed by atoms with Crippen molar-refractivity contribution in [2.75, 3.05) is 18.1 Å². The number of carbonyl (C=O) groups excluding carboxylic acids is 1. The molecule has 1 saturated heterocycles. The first-order chi connectivity index (χ1) is 14.0. The molecule has 0 aliphatic carbocycles. The van der Waals surface area contributed by atoms with Gasteiger partial charge in [-0.25, -0.2) is 13.8 Å². The lowest BCUT2D eigenvalue weighted by atomic mass is 10.1. The van der Waals surface area contributed by atoms with Crippen LogP contribution in [-0.4, -0.2) is 30.1 Å². The average molecular weight is 479 g/mol. The van der Waals surface area contributed by atoms with E-state index in [2.05, 4.69) is 20.9 Å². The van der Waals surface area contributed by atoms with Gasteiger partial charge in [0.25, 0.3) is 5.91 Å². The lowest BCUT2D eigenvalue weighted by Gasteiger charge is -2.23. The zero-order valence-electron chi connectivity index (χ0n) is 15.3. The molecule has 4 rings (SSSR count). The van der Waals surface area contributed by atoms with Crippen LogP contribution in [-0.2, 0) is 4.74 Å². The molecule has 8 heteroatoms. The van der Waals surface area contributed by atoms with Gasteiger partial charge in [0.1, 0.15) is 0 Å². The first-order valence-corrected chi connectivity index (χ1v) is 10.8. The summed E-state index contributed by atoms with van der Waals surface area (Å²) in [6, 6.07) is 11.3. The standard InChI is InChI=1S/C21H17BrF2N2O2S/c22-14-8-6-13(7-9-14)18-12-29-21(25-18)26(11-15-3-2-10-28-15)20(27)16-4-1-5-17(23)19(16)24/h1,4-9,12,15H,2-3,10-11H2. The molecule has 0 saturated carbocycles. The van der Waals surface area contributed by atoms with Crippen LogP contribution in [0, 0.1) is 11.6 Å². The van der Waals surface area contributed by atoms with Crippen LogP contribution in [0.1, 0.15) is 23.2 Å². The Hall–Kier alpha value is -2.16. The number of halogens is 3. The molecule has 0 radical (unpaired) electrons. The maximum Gasteiger partial charge on any atom is 0.263 e. The average Bonchev–Trinajstić information content (AvgIpc) is 3.40. The van der Waals surface area contributed by atoms with Crippen molar-refractivity contribution in [2.45, 2.75) is 18.9 Å². The van der Waals surface area contributed by atoms with Crippen LogP contribution >= 0.6 is 27.3 Å². The molecule has 0 N–H and O–H groups in total. The van der Waals surface area contributed by atoms with Gasteiger partial charge in [0, 0.05) is 22.0 Å². The Morgan fingerprint density at radius 3 is 2.76 bits per heavy atom. The van der Waals surface area contributed by atoms with E-state index in [-0.39, 0.29) is 18.2 Å². The van der Waals surface area contributed by atoms with Crippen LogP contribution in [0.2, 0.25) is 0 Å². The summed E-state index contributed by atoms with van der Waals surface area (Å²) in [6.07, 6.45) is 1.55. The molecule has 29 heavy (non-hydrogen) atoms. The molecule has 150 valence electrons. The fraction of sp³-hybridized carbons (Fsp3) is 0.238. The Balaban J connectivity index is 1.68. The van der Waals surface area contributed by atoms with Crippen molar-refractivity contribution in [1.82, 2.24) is 4.98 Å². The molecule has 1 aromatic heterocycles. The van der Waals surface area contributed by atoms with E-state index in [1.165, 1.54) is 28.4 Å². The SMILES string of the molecule is O=C(c1cccc(F)c1F)N(CC1CCCO1)c1nc(-c2ccc(Br)cc2)cs1. The Bertz CT molecular complexity index is 1020. The highest BCUT2D eigenvalue weighted by Crippen LogP contribution is 2.31. The lowest BCUT2D eigenvalue weighted by Crippen LogP contribution is -2.38. The third-order valence-corrected chi connectivity index (χ3v) is 6.09. The van der Waals surface area contributed by atoms with Crippen LogP contribution in [0.15, 0.2) is 52.3 Å². The minimum atomic E-state index is -1.15. The summed E-state index contributed by atoms with van der Waals surface area (Å²) in [5.74, 6) is -2.84. The van der Waals surface area contributed by atoms with E-state index in [4.69, 9.17) is 4.74 Å². The van der Waals surface area contributed by atoms with Gasteiger partial charge in [0.15, 0.2) is 16.8 Å². The molecule has 1 atom stereocenters. The second-order valence-corrected chi connectivity index (χ2v) is 8.43. The number of thiazole rings is 1. The Labute approximate surface area is 179 Å². The van der Waals surface area contributed by atoms with Gasteiger partial charge in [-0.3, -0.25) is 9.69 Å². The fourth-order valence-electron chi connectivity index (χ4n) is 3.20. The van der Waals surface area contributed by atoms with Crippen LogP contribution in [0.4, 0.5) is 13.9 Å². The van der Waals surface area contributed by atoms with E-state index in [9.17, 15) is 13.6 Å². The van der Waals surface area contributed by atoms with Crippen molar-refractivity contribution >= 4 is 38.3 Å². The van der Waals surface area contributed by atoms with E-state index >= 15 is 0 Å². The van der Waals surface area contributed by atoms with E-state index in [0.717, 1.165) is 28.9 Å². The van der Waals surface area contributed by atoms with Crippen LogP contribution < -0.4 is 4.90 Å². The summed E-state index contributed by atoms with van der Waals surface area (Å²) in [5.41, 5.74) is 1.29. The number of rotatable bonds is 5. The summed E-state index contributed by atoms with van der Waals surface area (Å²) in [7, 11) is 0. The molecule has 1 aliphatic rings. The van der Waals surface area contributed by atoms with Gasteiger partial charge in [0.2, 0.25) is 0 Å². The number of ether oxygens (including phenoxy) is 1. The van der Waals surface area contributed by atoms with Crippen molar-refractivity contribution in [3.8, 4) is 11.3 Å². The zero-order valence-corrected chi connectivity index (χ0v) is 17.7. The molecule has 2 aromatic carbocycles. The number of carbonyl (C=O) groups is 1. The fourth-order valence-corrected chi connectivity index (χ4v) is 4.30. The number of anilines is 1. The molecule has 1 amide bonds. The molecule has 1 fully saturated rings. The van der Waals surface area contributed by atoms with Crippen molar-refractivity contribution in [2.24, 2.45) is 0 Å². The minimum absolute atomic E-state index is 0.157. The van der Waals surface area contributed by atoms with E-state index in [0.29, 0.717) is 17.4 Å². The summed E-state index contributed by atoms with van der Waals surface area (Å²) < 4.78 is 34.6. The minimum Gasteiger partial charge on any atom is -0.376 e. The van der Waals surface area contributed by atoms with Gasteiger partial charge in [-0.15, -0.1) is 11.3 Å². The van der Waals surface area contributed by atoms with Crippen molar-refractivity contribution < 1.29 is 18.3 Å². The molecule has 0 bridgehead atoms. The number of nitrogens with zero attached hydrogens (tertiary/aromatic N) is 2. The van der Waals surface area contributed by atoms with Gasteiger partial charge in [-0.2, -0.15) is 0 Å². The second-order valence-electron chi connectivity index (χ2n) is 6.67. The maximum atomic E-state index is 14.3. The maximum absolute atomic E-state index is 14.3. The quantitative estimate of drug-likeness (QED) is 0.473. The molecule has 1 aliphatic heterocycles. The lowest BCUT2D eigenvalue weighted by molar-refractivity contribution is 0.0913. The molecule has 3 aromatic rings. The number of aromatic nitrogens is 1. The van der Waals surface area contributed by atoms with E-state index in [1.54, 1.807) is 0 Å². The Kier molecular flexibility index (Phi) is 6.03. The predicted octanol–water partition coefficient (Wildman–Crippen LogP) is 5.68. The third-order valence-electron chi connectivity index (χ3n) is 4.70. The molecule has 2 heterocycles. The Morgan fingerprint density at radius 1 is 1.24 bits per heavy atom. The highest BCUT2D eigenvalue weighted by molar-refractivity contribution is 9.10. The number of hydrogen-bond donors (Lipinski definition) is 0. The van der Waals surface area contributed by atoms with Crippen molar-refractivity contribution in [3.05, 3.63) is 69.5 Å². The summed E-state index contributed by atoms with van der Waals surface area (Å²) in [6.45, 7) is 0.866. The normalized spacial score (nSPS) is 16.2. The van der Waals surface area contributed by atoms with Gasteiger partial charge in [0.05, 0.1) is 23.9 Å². The monoisotopic (exact) mass is 478 g/mol. The summed E-state index contributed by atoms with van der Waals surface area (Å²) in [5, 5.41) is 2.27. The first-order valence-electron chi connectivity index (χ1n) is 9.12. The van der Waals surface area contributed by atoms with Gasteiger partial charge < -0.3 is 4.74 Å². The number of amides is 1. The predicted molar refractivity (Wildman–Crippen MR) is 112 cm³/mol. The molecular formula is C21H17BrF2N2O2S. The highest BCUT2D eigenvalue weighted by Gasteiger charge is 2.29. The molecule has 4 nitrogen and oxygen atoms in total. The molecule has 1 unspecified atom stereocenters. The highest BCUT2D eigenvalue weighted by atomic mass is 79.9. The van der Waals surface area contributed by atoms with E-state index in [1.807, 2.05) is 29.6 Å². The molecule has 0 spiro atoms. The van der Waals surface area contributed by atoms with Crippen LogP contribution in [0.25, 0.3) is 11.3 Å². The van der Waals surface area contributed by atoms with Crippen molar-refractivity contribution in [1.29, 1.82) is 0 Å². The van der Waals surface area contributed by atoms with Gasteiger partial charge in [-0.05, 0) is 37.1 Å². The smallest absolute Gasteiger partial charge is 0.263 e. The topological polar surface area (TPSA) is 42.4 Å². The Morgan fingerprint density at radius 2 is 2.03 bits per heavy atom. The number of hydrogen-bond acceptors (Lipinski definition) is 4.